The first kappa shape index (κ1) is 20.4. The molecule has 8 heteroatoms. The van der Waals surface area contributed by atoms with E-state index in [4.69, 9.17) is 14.2 Å². The summed E-state index contributed by atoms with van der Waals surface area (Å²) in [4.78, 5) is 28.3. The average molecular weight is 392 g/mol. The van der Waals surface area contributed by atoms with E-state index in [1.54, 1.807) is 30.1 Å². The van der Waals surface area contributed by atoms with Crippen LogP contribution in [0.25, 0.3) is 0 Å². The lowest BCUT2D eigenvalue weighted by Crippen LogP contribution is -2.50. The van der Waals surface area contributed by atoms with Crippen molar-refractivity contribution in [3.8, 4) is 11.5 Å². The van der Waals surface area contributed by atoms with Gasteiger partial charge in [-0.25, -0.2) is 0 Å². The molecule has 2 saturated heterocycles. The number of morpholine rings is 1. The maximum atomic E-state index is 13.0. The number of hydrogen-bond acceptors (Lipinski definition) is 6. The summed E-state index contributed by atoms with van der Waals surface area (Å²) in [5, 5.41) is 9.82. The van der Waals surface area contributed by atoms with Gasteiger partial charge >= 0.3 is 0 Å². The van der Waals surface area contributed by atoms with Crippen LogP contribution in [-0.4, -0.2) is 79.9 Å². The van der Waals surface area contributed by atoms with Crippen molar-refractivity contribution in [1.29, 1.82) is 0 Å². The van der Waals surface area contributed by atoms with Gasteiger partial charge in [-0.3, -0.25) is 9.59 Å². The minimum atomic E-state index is -0.524. The van der Waals surface area contributed by atoms with Crippen LogP contribution < -0.4 is 9.47 Å². The summed E-state index contributed by atoms with van der Waals surface area (Å²) in [5.41, 5.74) is 0.807. The maximum Gasteiger partial charge on any atom is 0.225 e. The minimum absolute atomic E-state index is 0.0544. The Morgan fingerprint density at radius 3 is 2.68 bits per heavy atom. The molecule has 0 saturated carbocycles. The highest BCUT2D eigenvalue weighted by molar-refractivity contribution is 5.80. The second-order valence-corrected chi connectivity index (χ2v) is 6.97. The van der Waals surface area contributed by atoms with Gasteiger partial charge in [0, 0.05) is 32.5 Å². The molecule has 0 aliphatic carbocycles. The summed E-state index contributed by atoms with van der Waals surface area (Å²) in [6.07, 6.45) is 1.15. The molecule has 0 bridgehead atoms. The number of ether oxygens (including phenoxy) is 3. The number of rotatable bonds is 7. The summed E-state index contributed by atoms with van der Waals surface area (Å²) >= 11 is 0. The van der Waals surface area contributed by atoms with Crippen molar-refractivity contribution < 1.29 is 28.9 Å². The number of amides is 2. The van der Waals surface area contributed by atoms with Gasteiger partial charge in [-0.1, -0.05) is 6.07 Å². The molecule has 2 heterocycles. The fraction of sp³-hybridized carbons (Fsp3) is 0.600. The highest BCUT2D eigenvalue weighted by atomic mass is 16.5. The number of aliphatic hydroxyl groups is 1. The number of likely N-dealkylation sites (tertiary alicyclic amines) is 1. The summed E-state index contributed by atoms with van der Waals surface area (Å²) in [7, 11) is 3.12. The Hall–Kier alpha value is -2.32. The van der Waals surface area contributed by atoms with E-state index in [0.717, 1.165) is 12.0 Å². The van der Waals surface area contributed by atoms with E-state index in [2.05, 4.69) is 0 Å². The maximum absolute atomic E-state index is 13.0. The molecule has 0 unspecified atom stereocenters. The number of hydrogen-bond donors (Lipinski definition) is 1. The Labute approximate surface area is 165 Å². The van der Waals surface area contributed by atoms with Gasteiger partial charge in [-0.15, -0.1) is 0 Å². The van der Waals surface area contributed by atoms with E-state index in [1.165, 1.54) is 0 Å². The highest BCUT2D eigenvalue weighted by Gasteiger charge is 2.36. The number of benzene rings is 1. The van der Waals surface area contributed by atoms with Crippen molar-refractivity contribution in [2.24, 2.45) is 0 Å². The fourth-order valence-electron chi connectivity index (χ4n) is 3.91. The lowest BCUT2D eigenvalue weighted by Gasteiger charge is -2.41. The van der Waals surface area contributed by atoms with E-state index in [9.17, 15) is 14.7 Å². The number of carbonyl (C=O) groups excluding carboxylic acids is 2. The molecule has 2 aliphatic heterocycles. The summed E-state index contributed by atoms with van der Waals surface area (Å²) in [6.45, 7) is 1.74. The Balaban J connectivity index is 1.80. The van der Waals surface area contributed by atoms with Crippen molar-refractivity contribution in [1.82, 2.24) is 9.80 Å². The zero-order valence-electron chi connectivity index (χ0n) is 16.4. The van der Waals surface area contributed by atoms with Gasteiger partial charge in [-0.2, -0.15) is 0 Å². The zero-order chi connectivity index (χ0) is 20.1. The van der Waals surface area contributed by atoms with Crippen molar-refractivity contribution >= 4 is 11.8 Å². The smallest absolute Gasteiger partial charge is 0.225 e. The van der Waals surface area contributed by atoms with Gasteiger partial charge in [0.1, 0.15) is 6.10 Å². The Bertz CT molecular complexity index is 710. The van der Waals surface area contributed by atoms with Gasteiger partial charge in [0.05, 0.1) is 33.5 Å². The van der Waals surface area contributed by atoms with Crippen LogP contribution in [0.2, 0.25) is 0 Å². The molecule has 1 aromatic rings. The van der Waals surface area contributed by atoms with Gasteiger partial charge in [0.2, 0.25) is 11.8 Å². The molecule has 154 valence electrons. The molecule has 28 heavy (non-hydrogen) atoms. The second-order valence-electron chi connectivity index (χ2n) is 6.97. The van der Waals surface area contributed by atoms with Crippen LogP contribution in [0, 0.1) is 0 Å². The third-order valence-electron chi connectivity index (χ3n) is 5.37. The molecule has 0 aromatic heterocycles. The zero-order valence-corrected chi connectivity index (χ0v) is 16.4. The van der Waals surface area contributed by atoms with Crippen molar-refractivity contribution in [3.05, 3.63) is 23.8 Å². The van der Waals surface area contributed by atoms with Crippen molar-refractivity contribution in [2.75, 3.05) is 47.1 Å². The molecular formula is C20H28N2O6. The van der Waals surface area contributed by atoms with Crippen LogP contribution in [0.5, 0.6) is 11.5 Å². The van der Waals surface area contributed by atoms with E-state index >= 15 is 0 Å². The lowest BCUT2D eigenvalue weighted by molar-refractivity contribution is -0.150. The largest absolute Gasteiger partial charge is 0.493 e. The first-order valence-electron chi connectivity index (χ1n) is 9.60. The summed E-state index contributed by atoms with van der Waals surface area (Å²) in [5.74, 6) is 1.20. The average Bonchev–Trinajstić information content (AvgIpc) is 3.15. The summed E-state index contributed by atoms with van der Waals surface area (Å²) in [6, 6.07) is 5.02. The predicted molar refractivity (Wildman–Crippen MR) is 101 cm³/mol. The highest BCUT2D eigenvalue weighted by Crippen LogP contribution is 2.36. The van der Waals surface area contributed by atoms with Gasteiger partial charge in [-0.05, 0) is 24.1 Å². The summed E-state index contributed by atoms with van der Waals surface area (Å²) < 4.78 is 16.4. The van der Waals surface area contributed by atoms with Crippen LogP contribution in [-0.2, 0) is 14.3 Å². The van der Waals surface area contributed by atoms with E-state index in [1.807, 2.05) is 12.1 Å². The normalized spacial score (nSPS) is 22.5. The van der Waals surface area contributed by atoms with Gasteiger partial charge < -0.3 is 29.1 Å². The molecule has 2 amide bonds. The quantitative estimate of drug-likeness (QED) is 0.744. The Morgan fingerprint density at radius 2 is 2.04 bits per heavy atom. The topological polar surface area (TPSA) is 88.5 Å². The number of aliphatic hydroxyl groups excluding tert-OH is 1. The van der Waals surface area contributed by atoms with E-state index < -0.39 is 12.1 Å². The van der Waals surface area contributed by atoms with Crippen LogP contribution in [0.1, 0.15) is 30.9 Å². The second kappa shape index (κ2) is 9.25. The van der Waals surface area contributed by atoms with Gasteiger partial charge in [0.15, 0.2) is 11.5 Å². The first-order chi connectivity index (χ1) is 13.6. The Morgan fingerprint density at radius 1 is 1.25 bits per heavy atom. The number of methoxy groups -OCH3 is 2. The Kier molecular flexibility index (Phi) is 6.74. The first-order valence-corrected chi connectivity index (χ1v) is 9.60. The standard InChI is InChI=1S/C20H28N2O6/c1-26-15-6-5-14(12-16(15)27-2)20-17(13-23)28-11-10-22(20)19(25)7-9-21-8-3-4-18(21)24/h5-6,12,17,20,23H,3-4,7-11,13H2,1-2H3/t17-,20-/m1/s1. The molecule has 0 radical (unpaired) electrons. The van der Waals surface area contributed by atoms with Gasteiger partial charge in [0.25, 0.3) is 0 Å². The fourth-order valence-corrected chi connectivity index (χ4v) is 3.91. The monoisotopic (exact) mass is 392 g/mol. The molecule has 1 aromatic carbocycles. The molecule has 2 fully saturated rings. The van der Waals surface area contributed by atoms with E-state index in [-0.39, 0.29) is 24.8 Å². The predicted octanol–water partition coefficient (Wildman–Crippen LogP) is 0.977. The van der Waals surface area contributed by atoms with Crippen LogP contribution in [0.3, 0.4) is 0 Å². The molecule has 8 nitrogen and oxygen atoms in total. The van der Waals surface area contributed by atoms with E-state index in [0.29, 0.717) is 44.2 Å². The molecule has 3 rings (SSSR count). The third kappa shape index (κ3) is 4.23. The molecular weight excluding hydrogens is 364 g/mol. The van der Waals surface area contributed by atoms with Crippen LogP contribution in [0.4, 0.5) is 0 Å². The van der Waals surface area contributed by atoms with Crippen molar-refractivity contribution in [3.63, 3.8) is 0 Å². The number of nitrogens with zero attached hydrogens (tertiary/aromatic N) is 2. The van der Waals surface area contributed by atoms with Crippen LogP contribution >= 0.6 is 0 Å². The molecule has 2 atom stereocenters. The SMILES string of the molecule is COc1ccc([C@@H]2[C@@H](CO)OCCN2C(=O)CCN2CCCC2=O)cc1OC. The third-order valence-corrected chi connectivity index (χ3v) is 5.37. The van der Waals surface area contributed by atoms with Crippen molar-refractivity contribution in [2.45, 2.75) is 31.4 Å². The lowest BCUT2D eigenvalue weighted by atomic mass is 9.97. The molecule has 1 N–H and O–H groups in total. The number of carbonyl (C=O) groups is 2. The van der Waals surface area contributed by atoms with Crippen LogP contribution in [0.15, 0.2) is 18.2 Å². The molecule has 0 spiro atoms. The minimum Gasteiger partial charge on any atom is -0.493 e. The molecule has 2 aliphatic rings.